The predicted molar refractivity (Wildman–Crippen MR) is 124 cm³/mol. The number of nitrogens with one attached hydrogen (secondary N) is 2. The summed E-state index contributed by atoms with van der Waals surface area (Å²) in [6, 6.07) is 10.7. The Hall–Kier alpha value is -1.44. The number of rotatable bonds is 8. The molecule has 0 bridgehead atoms. The summed E-state index contributed by atoms with van der Waals surface area (Å²) in [5.41, 5.74) is 1.43. The smallest absolute Gasteiger partial charge is 0.317 e. The lowest BCUT2D eigenvalue weighted by molar-refractivity contribution is -0.0172. The van der Waals surface area contributed by atoms with Crippen LogP contribution in [0.15, 0.2) is 30.3 Å². The number of nitrogens with zero attached hydrogens (tertiary/aromatic N) is 1. The predicted octanol–water partition coefficient (Wildman–Crippen LogP) is 3.71. The molecule has 7 heteroatoms. The van der Waals surface area contributed by atoms with Crippen molar-refractivity contribution in [2.45, 2.75) is 87.6 Å². The van der Waals surface area contributed by atoms with Gasteiger partial charge in [0, 0.05) is 24.4 Å². The molecule has 3 fully saturated rings. The maximum absolute atomic E-state index is 12.7. The van der Waals surface area contributed by atoms with Crippen molar-refractivity contribution in [3.63, 3.8) is 0 Å². The Morgan fingerprint density at radius 3 is 2.52 bits per heavy atom. The zero-order valence-electron chi connectivity index (χ0n) is 18.6. The summed E-state index contributed by atoms with van der Waals surface area (Å²) in [6.45, 7) is 3.79. The second-order valence-corrected chi connectivity index (χ2v) is 10.7. The summed E-state index contributed by atoms with van der Waals surface area (Å²) in [7, 11) is -1.01. The van der Waals surface area contributed by atoms with Gasteiger partial charge in [-0.1, -0.05) is 30.3 Å². The van der Waals surface area contributed by atoms with Crippen LogP contribution >= 0.6 is 0 Å². The van der Waals surface area contributed by atoms with Crippen LogP contribution in [0.5, 0.6) is 0 Å². The molecule has 3 aliphatic rings. The third-order valence-corrected chi connectivity index (χ3v) is 8.52. The number of benzene rings is 1. The number of piperidine rings is 1. The molecule has 1 aliphatic heterocycles. The van der Waals surface area contributed by atoms with Gasteiger partial charge in [-0.2, -0.15) is 0 Å². The quantitative estimate of drug-likeness (QED) is 0.638. The van der Waals surface area contributed by atoms with Gasteiger partial charge in [0.25, 0.3) is 0 Å². The largest absolute Gasteiger partial charge is 0.376 e. The number of amides is 2. The Balaban J connectivity index is 1.34. The van der Waals surface area contributed by atoms with E-state index in [2.05, 4.69) is 40.4 Å². The van der Waals surface area contributed by atoms with E-state index < -0.39 is 11.0 Å². The van der Waals surface area contributed by atoms with Crippen LogP contribution in [0.25, 0.3) is 0 Å². The van der Waals surface area contributed by atoms with E-state index in [0.29, 0.717) is 19.1 Å². The van der Waals surface area contributed by atoms with E-state index in [0.717, 1.165) is 57.9 Å². The minimum Gasteiger partial charge on any atom is -0.376 e. The van der Waals surface area contributed by atoms with Crippen LogP contribution < -0.4 is 10.0 Å². The van der Waals surface area contributed by atoms with E-state index in [4.69, 9.17) is 4.74 Å². The molecule has 1 aromatic carbocycles. The Morgan fingerprint density at radius 2 is 1.84 bits per heavy atom. The molecule has 2 saturated carbocycles. The summed E-state index contributed by atoms with van der Waals surface area (Å²) in [5, 5.41) is 3.23. The highest BCUT2D eigenvalue weighted by molar-refractivity contribution is 7.84. The molecule has 0 radical (unpaired) electrons. The molecule has 4 rings (SSSR count). The Kier molecular flexibility index (Phi) is 8.02. The molecule has 0 spiro atoms. The van der Waals surface area contributed by atoms with E-state index in [-0.39, 0.29) is 29.5 Å². The highest BCUT2D eigenvalue weighted by Gasteiger charge is 2.38. The van der Waals surface area contributed by atoms with Crippen LogP contribution in [0.2, 0.25) is 0 Å². The fourth-order valence-corrected chi connectivity index (χ4v) is 6.29. The van der Waals surface area contributed by atoms with E-state index in [1.807, 2.05) is 11.8 Å². The molecule has 3 atom stereocenters. The number of likely N-dealkylation sites (tertiary alicyclic amines) is 1. The molecular formula is C24H37N3O3S. The van der Waals surface area contributed by atoms with Crippen molar-refractivity contribution in [3.05, 3.63) is 35.9 Å². The second kappa shape index (κ2) is 10.9. The average Bonchev–Trinajstić information content (AvgIpc) is 3.65. The molecule has 2 N–H and O–H groups in total. The highest BCUT2D eigenvalue weighted by Crippen LogP contribution is 2.34. The van der Waals surface area contributed by atoms with Crippen LogP contribution in [0.3, 0.4) is 0 Å². The number of urea groups is 1. The molecule has 2 amide bonds. The number of carbonyl (C=O) groups excluding carboxylic acids is 1. The summed E-state index contributed by atoms with van der Waals surface area (Å²) < 4.78 is 22.3. The maximum Gasteiger partial charge on any atom is 0.317 e. The van der Waals surface area contributed by atoms with Crippen molar-refractivity contribution >= 4 is 17.0 Å². The third kappa shape index (κ3) is 6.08. The summed E-state index contributed by atoms with van der Waals surface area (Å²) in [4.78, 5) is 14.6. The monoisotopic (exact) mass is 447 g/mol. The maximum atomic E-state index is 12.7. The fourth-order valence-electron chi connectivity index (χ4n) is 4.96. The highest BCUT2D eigenvalue weighted by atomic mass is 32.2. The number of ether oxygens (including phenoxy) is 1. The van der Waals surface area contributed by atoms with Crippen LogP contribution in [-0.4, -0.2) is 58.3 Å². The van der Waals surface area contributed by atoms with Crippen molar-refractivity contribution in [2.75, 3.05) is 19.7 Å². The van der Waals surface area contributed by atoms with Gasteiger partial charge in [-0.05, 0) is 69.8 Å². The molecule has 1 aromatic rings. The Labute approximate surface area is 189 Å². The molecule has 31 heavy (non-hydrogen) atoms. The third-order valence-electron chi connectivity index (χ3n) is 6.91. The number of hydrogen-bond donors (Lipinski definition) is 2. The molecule has 6 nitrogen and oxygen atoms in total. The SMILES string of the molecule is CCNC(=O)N1CCC[C@H](NS(=O)C2CC2)[C@@H]1COC1CCC(c2ccccc2)CC1. The molecule has 1 heterocycles. The van der Waals surface area contributed by atoms with Crippen LogP contribution in [0.1, 0.15) is 69.8 Å². The first-order valence-corrected chi connectivity index (χ1v) is 13.2. The first-order chi connectivity index (χ1) is 15.2. The minimum atomic E-state index is -1.01. The van der Waals surface area contributed by atoms with E-state index >= 15 is 0 Å². The normalized spacial score (nSPS) is 30.0. The molecule has 1 unspecified atom stereocenters. The van der Waals surface area contributed by atoms with Gasteiger partial charge < -0.3 is 15.0 Å². The minimum absolute atomic E-state index is 0.0263. The molecule has 172 valence electrons. The van der Waals surface area contributed by atoms with E-state index in [9.17, 15) is 9.00 Å². The number of carbonyl (C=O) groups is 1. The van der Waals surface area contributed by atoms with Gasteiger partial charge in [0.05, 0.1) is 29.7 Å². The summed E-state index contributed by atoms with van der Waals surface area (Å²) >= 11 is 0. The van der Waals surface area contributed by atoms with Crippen molar-refractivity contribution in [2.24, 2.45) is 0 Å². The lowest BCUT2D eigenvalue weighted by Crippen LogP contribution is -2.60. The van der Waals surface area contributed by atoms with Gasteiger partial charge in [-0.15, -0.1) is 0 Å². The van der Waals surface area contributed by atoms with Gasteiger partial charge in [0.1, 0.15) is 0 Å². The first kappa shape index (κ1) is 22.7. The van der Waals surface area contributed by atoms with Crippen molar-refractivity contribution < 1.29 is 13.7 Å². The lowest BCUT2D eigenvalue weighted by atomic mass is 9.83. The van der Waals surface area contributed by atoms with Gasteiger partial charge in [-0.3, -0.25) is 0 Å². The lowest BCUT2D eigenvalue weighted by Gasteiger charge is -2.42. The summed E-state index contributed by atoms with van der Waals surface area (Å²) in [6.07, 6.45) is 8.58. The first-order valence-electron chi connectivity index (χ1n) is 12.0. The summed E-state index contributed by atoms with van der Waals surface area (Å²) in [5.74, 6) is 0.623. The molecule has 2 aliphatic carbocycles. The van der Waals surface area contributed by atoms with Crippen LogP contribution in [-0.2, 0) is 15.7 Å². The fraction of sp³-hybridized carbons (Fsp3) is 0.708. The average molecular weight is 448 g/mol. The van der Waals surface area contributed by atoms with Gasteiger partial charge >= 0.3 is 6.03 Å². The molecular weight excluding hydrogens is 410 g/mol. The number of hydrogen-bond acceptors (Lipinski definition) is 3. The van der Waals surface area contributed by atoms with Crippen LogP contribution in [0, 0.1) is 0 Å². The Bertz CT molecular complexity index is 735. The second-order valence-electron chi connectivity index (χ2n) is 9.18. The molecule has 0 aromatic heterocycles. The van der Waals surface area contributed by atoms with Crippen molar-refractivity contribution in [1.29, 1.82) is 0 Å². The van der Waals surface area contributed by atoms with Crippen molar-refractivity contribution in [3.8, 4) is 0 Å². The Morgan fingerprint density at radius 1 is 1.10 bits per heavy atom. The van der Waals surface area contributed by atoms with Crippen LogP contribution in [0.4, 0.5) is 4.79 Å². The zero-order chi connectivity index (χ0) is 21.6. The van der Waals surface area contributed by atoms with E-state index in [1.165, 1.54) is 5.56 Å². The van der Waals surface area contributed by atoms with Crippen molar-refractivity contribution in [1.82, 2.24) is 14.9 Å². The van der Waals surface area contributed by atoms with Gasteiger partial charge in [0.15, 0.2) is 0 Å². The topological polar surface area (TPSA) is 70.7 Å². The van der Waals surface area contributed by atoms with Gasteiger partial charge in [0.2, 0.25) is 0 Å². The zero-order valence-corrected chi connectivity index (χ0v) is 19.4. The van der Waals surface area contributed by atoms with E-state index in [1.54, 1.807) is 0 Å². The van der Waals surface area contributed by atoms with Gasteiger partial charge in [-0.25, -0.2) is 13.7 Å². The molecule has 1 saturated heterocycles. The standard InChI is InChI=1S/C24H37N3O3S/c1-2-25-24(28)27-16-6-9-22(26-31(29)21-14-15-21)23(27)17-30-20-12-10-19(11-13-20)18-7-4-3-5-8-18/h3-5,7-8,19-23,26H,2,6,9-17H2,1H3,(H,25,28)/t19?,20?,22-,23-,31?/m0/s1.